The maximum Gasteiger partial charge on any atom is 0.328 e. The van der Waals surface area contributed by atoms with Gasteiger partial charge in [0.25, 0.3) is 0 Å². The number of imide groups is 4. The van der Waals surface area contributed by atoms with E-state index in [1.54, 1.807) is 13.0 Å². The number of nitrogens with one attached hydrogen (secondary N) is 4. The lowest BCUT2D eigenvalue weighted by Crippen LogP contribution is -2.64. The van der Waals surface area contributed by atoms with Crippen molar-refractivity contribution in [2.45, 2.75) is 58.3 Å². The van der Waals surface area contributed by atoms with Gasteiger partial charge in [0.2, 0.25) is 23.6 Å². The van der Waals surface area contributed by atoms with Crippen molar-refractivity contribution in [3.8, 4) is 0 Å². The molecular formula is C24H30N4O6. The van der Waals surface area contributed by atoms with Crippen LogP contribution in [0.4, 0.5) is 9.59 Å². The van der Waals surface area contributed by atoms with E-state index in [1.165, 1.54) is 0 Å². The molecule has 2 aliphatic carbocycles. The van der Waals surface area contributed by atoms with Crippen LogP contribution in [0.25, 0.3) is 0 Å². The SMILES string of the molecule is C=CCC1(C2C=CCC2)C(=O)NC(=O)NC1=O.CCC1(C2=CCCCC2)C(=O)NC(=O)NC1=O. The highest BCUT2D eigenvalue weighted by atomic mass is 16.2. The smallest absolute Gasteiger partial charge is 0.277 e. The summed E-state index contributed by atoms with van der Waals surface area (Å²) in [5.41, 5.74) is -1.54. The molecule has 4 aliphatic rings. The number of allylic oxidation sites excluding steroid dienone is 4. The fraction of sp³-hybridized carbons (Fsp3) is 0.500. The zero-order valence-corrected chi connectivity index (χ0v) is 19.2. The normalized spacial score (nSPS) is 25.2. The Labute approximate surface area is 197 Å². The van der Waals surface area contributed by atoms with Crippen LogP contribution in [0.15, 0.2) is 36.5 Å². The average Bonchev–Trinajstić information content (AvgIpc) is 3.33. The molecule has 0 radical (unpaired) electrons. The first kappa shape index (κ1) is 25.1. The molecule has 2 fully saturated rings. The number of rotatable bonds is 5. The summed E-state index contributed by atoms with van der Waals surface area (Å²) in [6.45, 7) is 5.39. The van der Waals surface area contributed by atoms with Gasteiger partial charge in [-0.05, 0) is 56.9 Å². The van der Waals surface area contributed by atoms with Crippen LogP contribution in [0.5, 0.6) is 0 Å². The minimum Gasteiger partial charge on any atom is -0.277 e. The Morgan fingerprint density at radius 3 is 1.94 bits per heavy atom. The monoisotopic (exact) mass is 470 g/mol. The molecule has 0 aromatic heterocycles. The summed E-state index contributed by atoms with van der Waals surface area (Å²) in [7, 11) is 0. The fourth-order valence-corrected chi connectivity index (χ4v) is 5.13. The van der Waals surface area contributed by atoms with Crippen LogP contribution in [-0.2, 0) is 19.2 Å². The second-order valence-corrected chi connectivity index (χ2v) is 8.78. The summed E-state index contributed by atoms with van der Waals surface area (Å²) in [6, 6.07) is -1.47. The van der Waals surface area contributed by atoms with E-state index in [-0.39, 0.29) is 12.3 Å². The van der Waals surface area contributed by atoms with Crippen molar-refractivity contribution in [1.82, 2.24) is 21.3 Å². The van der Waals surface area contributed by atoms with Gasteiger partial charge in [-0.15, -0.1) is 6.58 Å². The zero-order chi connectivity index (χ0) is 24.9. The van der Waals surface area contributed by atoms with Crippen LogP contribution < -0.4 is 21.3 Å². The number of carbonyl (C=O) groups excluding carboxylic acids is 6. The third-order valence-corrected chi connectivity index (χ3v) is 6.98. The van der Waals surface area contributed by atoms with Gasteiger partial charge < -0.3 is 0 Å². The maximum atomic E-state index is 12.0. The molecule has 4 rings (SSSR count). The first-order valence-electron chi connectivity index (χ1n) is 11.5. The highest BCUT2D eigenvalue weighted by molar-refractivity contribution is 6.21. The summed E-state index contributed by atoms with van der Waals surface area (Å²) < 4.78 is 0. The Morgan fingerprint density at radius 1 is 0.912 bits per heavy atom. The van der Waals surface area contributed by atoms with E-state index in [2.05, 4.69) is 27.8 Å². The molecule has 2 aliphatic heterocycles. The summed E-state index contributed by atoms with van der Waals surface area (Å²) in [4.78, 5) is 70.3. The molecule has 34 heavy (non-hydrogen) atoms. The highest BCUT2D eigenvalue weighted by Crippen LogP contribution is 2.41. The lowest BCUT2D eigenvalue weighted by molar-refractivity contribution is -0.147. The summed E-state index contributed by atoms with van der Waals surface area (Å²) in [5.74, 6) is -2.19. The first-order valence-corrected chi connectivity index (χ1v) is 11.5. The lowest BCUT2D eigenvalue weighted by Gasteiger charge is -2.37. The van der Waals surface area contributed by atoms with Gasteiger partial charge in [0.15, 0.2) is 0 Å². The fourth-order valence-electron chi connectivity index (χ4n) is 5.13. The van der Waals surface area contributed by atoms with E-state index in [9.17, 15) is 28.8 Å². The van der Waals surface area contributed by atoms with E-state index in [1.807, 2.05) is 18.2 Å². The Bertz CT molecular complexity index is 955. The molecule has 0 aromatic rings. The van der Waals surface area contributed by atoms with Crippen molar-refractivity contribution in [2.75, 3.05) is 0 Å². The van der Waals surface area contributed by atoms with Crippen LogP contribution in [0, 0.1) is 16.7 Å². The first-order chi connectivity index (χ1) is 16.2. The van der Waals surface area contributed by atoms with Gasteiger partial charge in [0.1, 0.15) is 10.8 Å². The van der Waals surface area contributed by atoms with Crippen molar-refractivity contribution >= 4 is 35.7 Å². The Hall–Kier alpha value is -3.56. The molecule has 10 heteroatoms. The molecule has 0 aromatic carbocycles. The van der Waals surface area contributed by atoms with E-state index in [4.69, 9.17) is 0 Å². The van der Waals surface area contributed by atoms with Crippen LogP contribution in [0.1, 0.15) is 58.3 Å². The topological polar surface area (TPSA) is 151 Å². The molecule has 8 amide bonds. The van der Waals surface area contributed by atoms with Gasteiger partial charge in [-0.3, -0.25) is 40.4 Å². The van der Waals surface area contributed by atoms with Gasteiger partial charge in [-0.2, -0.15) is 0 Å². The molecule has 0 spiro atoms. The Morgan fingerprint density at radius 2 is 1.50 bits per heavy atom. The summed E-state index contributed by atoms with van der Waals surface area (Å²) in [6.07, 6.45) is 13.3. The van der Waals surface area contributed by atoms with E-state index >= 15 is 0 Å². The second kappa shape index (κ2) is 10.1. The number of barbiturate groups is 2. The van der Waals surface area contributed by atoms with Gasteiger partial charge >= 0.3 is 12.1 Å². The van der Waals surface area contributed by atoms with E-state index < -0.39 is 46.5 Å². The third kappa shape index (κ3) is 4.32. The van der Waals surface area contributed by atoms with Gasteiger partial charge in [-0.25, -0.2) is 9.59 Å². The molecule has 2 heterocycles. The number of hydrogen-bond acceptors (Lipinski definition) is 6. The Balaban J connectivity index is 0.000000191. The predicted molar refractivity (Wildman–Crippen MR) is 122 cm³/mol. The van der Waals surface area contributed by atoms with Crippen molar-refractivity contribution < 1.29 is 28.8 Å². The lowest BCUT2D eigenvalue weighted by atomic mass is 9.70. The van der Waals surface area contributed by atoms with Crippen LogP contribution in [0.2, 0.25) is 0 Å². The van der Waals surface area contributed by atoms with E-state index in [0.29, 0.717) is 6.42 Å². The number of hydrogen-bond donors (Lipinski definition) is 4. The van der Waals surface area contributed by atoms with Crippen molar-refractivity contribution in [1.29, 1.82) is 0 Å². The molecular weight excluding hydrogens is 440 g/mol. The molecule has 10 nitrogen and oxygen atoms in total. The number of amides is 8. The second-order valence-electron chi connectivity index (χ2n) is 8.78. The number of urea groups is 2. The average molecular weight is 471 g/mol. The molecule has 0 saturated carbocycles. The maximum absolute atomic E-state index is 12.0. The van der Waals surface area contributed by atoms with Gasteiger partial charge in [0.05, 0.1) is 0 Å². The summed E-state index contributed by atoms with van der Waals surface area (Å²) >= 11 is 0. The number of carbonyl (C=O) groups is 6. The molecule has 4 N–H and O–H groups in total. The van der Waals surface area contributed by atoms with Crippen molar-refractivity contribution in [2.24, 2.45) is 16.7 Å². The van der Waals surface area contributed by atoms with Crippen LogP contribution >= 0.6 is 0 Å². The van der Waals surface area contributed by atoms with Crippen molar-refractivity contribution in [3.05, 3.63) is 36.5 Å². The minimum atomic E-state index is -1.22. The van der Waals surface area contributed by atoms with E-state index in [0.717, 1.165) is 44.1 Å². The van der Waals surface area contributed by atoms with Crippen LogP contribution in [-0.4, -0.2) is 35.7 Å². The molecule has 182 valence electrons. The quantitative estimate of drug-likeness (QED) is 0.357. The Kier molecular flexibility index (Phi) is 7.48. The zero-order valence-electron chi connectivity index (χ0n) is 19.2. The summed E-state index contributed by atoms with van der Waals surface area (Å²) in [5, 5.41) is 8.74. The molecule has 1 unspecified atom stereocenters. The predicted octanol–water partition coefficient (Wildman–Crippen LogP) is 2.13. The third-order valence-electron chi connectivity index (χ3n) is 6.98. The molecule has 1 atom stereocenters. The van der Waals surface area contributed by atoms with Gasteiger partial charge in [0, 0.05) is 5.92 Å². The molecule has 0 bridgehead atoms. The molecule has 2 saturated heterocycles. The largest absolute Gasteiger partial charge is 0.328 e. The van der Waals surface area contributed by atoms with Gasteiger partial charge in [-0.1, -0.05) is 31.2 Å². The van der Waals surface area contributed by atoms with Crippen LogP contribution in [0.3, 0.4) is 0 Å². The minimum absolute atomic E-state index is 0.173. The highest BCUT2D eigenvalue weighted by Gasteiger charge is 2.54. The standard InChI is InChI=1S/C12H16N2O3.C12H14N2O3/c1-2-12(8-6-4-3-5-7-8)9(15)13-11(17)14-10(12)16;1-2-7-12(8-5-3-4-6-8)9(15)13-11(17)14-10(12)16/h6H,2-5,7H2,1H3,(H2,13,14,15,16,17);2-3,5,8H,1,4,6-7H2,(H2,13,14,15,16,17). The van der Waals surface area contributed by atoms with Crippen molar-refractivity contribution in [3.63, 3.8) is 0 Å².